The number of rotatable bonds is 5. The van der Waals surface area contributed by atoms with Gasteiger partial charge in [-0.3, -0.25) is 4.99 Å². The molecule has 1 aliphatic carbocycles. The molecule has 1 fully saturated rings. The highest BCUT2D eigenvalue weighted by molar-refractivity contribution is 5.80. The predicted octanol–water partition coefficient (Wildman–Crippen LogP) is 1.37. The largest absolute Gasteiger partial charge is 0.377 e. The Morgan fingerprint density at radius 1 is 1.50 bits per heavy atom. The summed E-state index contributed by atoms with van der Waals surface area (Å²) in [5.74, 6) is 1.68. The molecule has 1 rings (SSSR count). The van der Waals surface area contributed by atoms with Crippen LogP contribution in [0.1, 0.15) is 34.1 Å². The van der Waals surface area contributed by atoms with Crippen LogP contribution in [0.3, 0.4) is 0 Å². The molecule has 0 aromatic rings. The lowest BCUT2D eigenvalue weighted by Gasteiger charge is -2.21. The first-order valence-electron chi connectivity index (χ1n) is 6.08. The van der Waals surface area contributed by atoms with Crippen LogP contribution in [0.4, 0.5) is 0 Å². The first-order chi connectivity index (χ1) is 7.48. The summed E-state index contributed by atoms with van der Waals surface area (Å²) >= 11 is 0. The van der Waals surface area contributed by atoms with Gasteiger partial charge in [-0.1, -0.05) is 6.92 Å². The number of hydrogen-bond donors (Lipinski definition) is 2. The standard InChI is InChI=1S/C12H25N3O/c1-6-13-11(15-10-7-9(10)2)14-8-12(3,4)16-5/h9-10H,6-8H2,1-5H3,(H2,13,14,15). The number of aliphatic imine (C=N–C) groups is 1. The highest BCUT2D eigenvalue weighted by Crippen LogP contribution is 2.28. The van der Waals surface area contributed by atoms with Gasteiger partial charge in [0.2, 0.25) is 0 Å². The van der Waals surface area contributed by atoms with E-state index in [1.54, 1.807) is 7.11 Å². The molecule has 2 atom stereocenters. The van der Waals surface area contributed by atoms with Gasteiger partial charge in [0.25, 0.3) is 0 Å². The fraction of sp³-hybridized carbons (Fsp3) is 0.917. The minimum Gasteiger partial charge on any atom is -0.377 e. The van der Waals surface area contributed by atoms with Gasteiger partial charge in [-0.2, -0.15) is 0 Å². The van der Waals surface area contributed by atoms with E-state index in [0.717, 1.165) is 18.4 Å². The minimum absolute atomic E-state index is 0.197. The van der Waals surface area contributed by atoms with Crippen molar-refractivity contribution in [2.45, 2.75) is 45.8 Å². The molecule has 0 aromatic heterocycles. The van der Waals surface area contributed by atoms with E-state index < -0.39 is 0 Å². The normalized spacial score (nSPS) is 25.4. The number of guanidine groups is 1. The zero-order chi connectivity index (χ0) is 12.2. The number of nitrogens with zero attached hydrogens (tertiary/aromatic N) is 1. The second-order valence-corrected chi connectivity index (χ2v) is 5.12. The molecule has 1 saturated carbocycles. The van der Waals surface area contributed by atoms with Crippen LogP contribution < -0.4 is 10.6 Å². The topological polar surface area (TPSA) is 45.7 Å². The molecule has 4 nitrogen and oxygen atoms in total. The molecule has 0 saturated heterocycles. The molecular formula is C12H25N3O. The summed E-state index contributed by atoms with van der Waals surface area (Å²) in [6.07, 6.45) is 1.25. The molecule has 0 bridgehead atoms. The van der Waals surface area contributed by atoms with Crippen LogP contribution in [-0.4, -0.2) is 37.8 Å². The molecular weight excluding hydrogens is 202 g/mol. The van der Waals surface area contributed by atoms with Gasteiger partial charge < -0.3 is 15.4 Å². The molecule has 1 aliphatic rings. The van der Waals surface area contributed by atoms with Gasteiger partial charge in [-0.15, -0.1) is 0 Å². The van der Waals surface area contributed by atoms with Gasteiger partial charge in [0.05, 0.1) is 12.1 Å². The Morgan fingerprint density at radius 3 is 2.56 bits per heavy atom. The summed E-state index contributed by atoms with van der Waals surface area (Å²) in [6, 6.07) is 0.600. The van der Waals surface area contributed by atoms with E-state index in [2.05, 4.69) is 29.5 Å². The van der Waals surface area contributed by atoms with Crippen LogP contribution in [0.2, 0.25) is 0 Å². The Hall–Kier alpha value is -0.770. The van der Waals surface area contributed by atoms with Crippen LogP contribution in [0, 0.1) is 5.92 Å². The van der Waals surface area contributed by atoms with Crippen molar-refractivity contribution in [3.63, 3.8) is 0 Å². The summed E-state index contributed by atoms with van der Waals surface area (Å²) in [5.41, 5.74) is -0.197. The fourth-order valence-electron chi connectivity index (χ4n) is 1.35. The maximum Gasteiger partial charge on any atom is 0.191 e. The van der Waals surface area contributed by atoms with Crippen molar-refractivity contribution in [1.29, 1.82) is 0 Å². The number of ether oxygens (including phenoxy) is 1. The van der Waals surface area contributed by atoms with Crippen LogP contribution in [0.15, 0.2) is 4.99 Å². The van der Waals surface area contributed by atoms with Gasteiger partial charge in [0, 0.05) is 19.7 Å². The second kappa shape index (κ2) is 5.53. The van der Waals surface area contributed by atoms with E-state index in [1.165, 1.54) is 6.42 Å². The third kappa shape index (κ3) is 4.39. The molecule has 16 heavy (non-hydrogen) atoms. The Labute approximate surface area is 98.9 Å². The summed E-state index contributed by atoms with van der Waals surface area (Å²) in [6.45, 7) is 9.97. The highest BCUT2D eigenvalue weighted by Gasteiger charge is 2.33. The van der Waals surface area contributed by atoms with Gasteiger partial charge in [0.1, 0.15) is 0 Å². The third-order valence-corrected chi connectivity index (χ3v) is 2.95. The van der Waals surface area contributed by atoms with Gasteiger partial charge in [-0.25, -0.2) is 0 Å². The van der Waals surface area contributed by atoms with Crippen molar-refractivity contribution in [3.8, 4) is 0 Å². The summed E-state index contributed by atoms with van der Waals surface area (Å²) in [7, 11) is 1.72. The van der Waals surface area contributed by atoms with E-state index in [1.807, 2.05) is 13.8 Å². The van der Waals surface area contributed by atoms with Gasteiger partial charge in [-0.05, 0) is 33.1 Å². The summed E-state index contributed by atoms with van der Waals surface area (Å²) in [5, 5.41) is 6.68. The number of nitrogens with one attached hydrogen (secondary N) is 2. The highest BCUT2D eigenvalue weighted by atomic mass is 16.5. The zero-order valence-corrected chi connectivity index (χ0v) is 11.1. The van der Waals surface area contributed by atoms with E-state index in [-0.39, 0.29) is 5.60 Å². The summed E-state index contributed by atoms with van der Waals surface area (Å²) in [4.78, 5) is 4.54. The van der Waals surface area contributed by atoms with Gasteiger partial charge in [0.15, 0.2) is 5.96 Å². The molecule has 4 heteroatoms. The summed E-state index contributed by atoms with van der Waals surface area (Å²) < 4.78 is 5.35. The Morgan fingerprint density at radius 2 is 2.12 bits per heavy atom. The average Bonchev–Trinajstić information content (AvgIpc) is 2.91. The lowest BCUT2D eigenvalue weighted by atomic mass is 10.1. The SMILES string of the molecule is CCNC(=NCC(C)(C)OC)NC1CC1C. The van der Waals surface area contributed by atoms with Crippen LogP contribution >= 0.6 is 0 Å². The third-order valence-electron chi connectivity index (χ3n) is 2.95. The van der Waals surface area contributed by atoms with Crippen molar-refractivity contribution >= 4 is 5.96 Å². The van der Waals surface area contributed by atoms with Crippen LogP contribution in [-0.2, 0) is 4.74 Å². The molecule has 0 aromatic carbocycles. The molecule has 0 amide bonds. The molecule has 2 N–H and O–H groups in total. The molecule has 0 spiro atoms. The van der Waals surface area contributed by atoms with E-state index in [9.17, 15) is 0 Å². The Kier molecular flexibility index (Phi) is 4.59. The van der Waals surface area contributed by atoms with Crippen molar-refractivity contribution in [2.75, 3.05) is 20.2 Å². The molecule has 0 radical (unpaired) electrons. The van der Waals surface area contributed by atoms with E-state index >= 15 is 0 Å². The first kappa shape index (κ1) is 13.3. The maximum absolute atomic E-state index is 5.35. The minimum atomic E-state index is -0.197. The van der Waals surface area contributed by atoms with Crippen molar-refractivity contribution < 1.29 is 4.74 Å². The second-order valence-electron chi connectivity index (χ2n) is 5.12. The number of methoxy groups -OCH3 is 1. The van der Waals surface area contributed by atoms with Crippen molar-refractivity contribution in [1.82, 2.24) is 10.6 Å². The molecule has 2 unspecified atom stereocenters. The first-order valence-corrected chi connectivity index (χ1v) is 6.08. The van der Waals surface area contributed by atoms with E-state index in [0.29, 0.717) is 12.6 Å². The number of hydrogen-bond acceptors (Lipinski definition) is 2. The van der Waals surface area contributed by atoms with Gasteiger partial charge >= 0.3 is 0 Å². The van der Waals surface area contributed by atoms with Crippen LogP contribution in [0.5, 0.6) is 0 Å². The van der Waals surface area contributed by atoms with E-state index in [4.69, 9.17) is 4.74 Å². The quantitative estimate of drug-likeness (QED) is 0.551. The predicted molar refractivity (Wildman–Crippen MR) is 67.8 cm³/mol. The molecule has 0 heterocycles. The lowest BCUT2D eigenvalue weighted by Crippen LogP contribution is -2.40. The van der Waals surface area contributed by atoms with Crippen LogP contribution in [0.25, 0.3) is 0 Å². The maximum atomic E-state index is 5.35. The van der Waals surface area contributed by atoms with Crippen molar-refractivity contribution in [2.24, 2.45) is 10.9 Å². The lowest BCUT2D eigenvalue weighted by molar-refractivity contribution is 0.0310. The Balaban J connectivity index is 2.44. The Bertz CT molecular complexity index is 251. The fourth-order valence-corrected chi connectivity index (χ4v) is 1.35. The zero-order valence-electron chi connectivity index (χ0n) is 11.1. The smallest absolute Gasteiger partial charge is 0.191 e. The average molecular weight is 227 g/mol. The monoisotopic (exact) mass is 227 g/mol. The molecule has 94 valence electrons. The van der Waals surface area contributed by atoms with Crippen molar-refractivity contribution in [3.05, 3.63) is 0 Å². The molecule has 0 aliphatic heterocycles.